The third-order valence-corrected chi connectivity index (χ3v) is 3.03. The molecule has 0 spiro atoms. The SMILES string of the molecule is Cc1cccc([C@@H]2CC(=O)OC2(C)C)c1. The molecule has 2 nitrogen and oxygen atoms in total. The number of cyclic esters (lactones) is 1. The van der Waals surface area contributed by atoms with E-state index in [1.165, 1.54) is 11.1 Å². The van der Waals surface area contributed by atoms with Crippen LogP contribution in [0.25, 0.3) is 0 Å². The highest BCUT2D eigenvalue weighted by Crippen LogP contribution is 2.40. The fourth-order valence-electron chi connectivity index (χ4n) is 2.22. The number of hydrogen-bond acceptors (Lipinski definition) is 2. The van der Waals surface area contributed by atoms with Crippen LogP contribution in [0.2, 0.25) is 0 Å². The van der Waals surface area contributed by atoms with E-state index in [1.54, 1.807) is 0 Å². The summed E-state index contributed by atoms with van der Waals surface area (Å²) in [5.74, 6) is 0.0939. The molecule has 1 fully saturated rings. The van der Waals surface area contributed by atoms with E-state index in [0.717, 1.165) is 0 Å². The van der Waals surface area contributed by atoms with E-state index in [4.69, 9.17) is 4.74 Å². The number of carbonyl (C=O) groups excluding carboxylic acids is 1. The Morgan fingerprint density at radius 1 is 1.40 bits per heavy atom. The highest BCUT2D eigenvalue weighted by molar-refractivity contribution is 5.74. The summed E-state index contributed by atoms with van der Waals surface area (Å²) >= 11 is 0. The van der Waals surface area contributed by atoms with Crippen LogP contribution in [0.3, 0.4) is 0 Å². The van der Waals surface area contributed by atoms with Gasteiger partial charge in [0.2, 0.25) is 0 Å². The smallest absolute Gasteiger partial charge is 0.307 e. The first kappa shape index (κ1) is 10.2. The molecule has 0 saturated carbocycles. The Morgan fingerprint density at radius 3 is 2.67 bits per heavy atom. The van der Waals surface area contributed by atoms with Gasteiger partial charge in [0.1, 0.15) is 5.60 Å². The molecule has 0 N–H and O–H groups in total. The summed E-state index contributed by atoms with van der Waals surface area (Å²) in [6, 6.07) is 8.30. The van der Waals surface area contributed by atoms with Crippen LogP contribution in [0.4, 0.5) is 0 Å². The van der Waals surface area contributed by atoms with Crippen LogP contribution in [0.15, 0.2) is 24.3 Å². The van der Waals surface area contributed by atoms with Crippen molar-refractivity contribution in [3.63, 3.8) is 0 Å². The third kappa shape index (κ3) is 1.89. The molecule has 0 bridgehead atoms. The second-order valence-corrected chi connectivity index (χ2v) is 4.75. The minimum absolute atomic E-state index is 0.0912. The van der Waals surface area contributed by atoms with Crippen LogP contribution in [0.1, 0.15) is 37.3 Å². The van der Waals surface area contributed by atoms with Crippen LogP contribution in [0, 0.1) is 6.92 Å². The maximum atomic E-state index is 11.3. The molecule has 0 aliphatic carbocycles. The van der Waals surface area contributed by atoms with Gasteiger partial charge in [0.25, 0.3) is 0 Å². The molecule has 1 aromatic carbocycles. The average Bonchev–Trinajstić information content (AvgIpc) is 2.39. The van der Waals surface area contributed by atoms with Crippen molar-refractivity contribution in [2.75, 3.05) is 0 Å². The lowest BCUT2D eigenvalue weighted by Gasteiger charge is -2.25. The van der Waals surface area contributed by atoms with Crippen LogP contribution >= 0.6 is 0 Å². The van der Waals surface area contributed by atoms with Crippen molar-refractivity contribution in [3.8, 4) is 0 Å². The zero-order valence-corrected chi connectivity index (χ0v) is 9.41. The second kappa shape index (κ2) is 3.37. The molecule has 15 heavy (non-hydrogen) atoms. The molecule has 1 atom stereocenters. The van der Waals surface area contributed by atoms with Crippen molar-refractivity contribution < 1.29 is 9.53 Å². The van der Waals surface area contributed by atoms with Gasteiger partial charge in [-0.05, 0) is 26.3 Å². The van der Waals surface area contributed by atoms with Gasteiger partial charge in [0, 0.05) is 5.92 Å². The summed E-state index contributed by atoms with van der Waals surface area (Å²) in [5.41, 5.74) is 2.05. The van der Waals surface area contributed by atoms with Gasteiger partial charge in [-0.1, -0.05) is 29.8 Å². The molecule has 0 amide bonds. The quantitative estimate of drug-likeness (QED) is 0.657. The van der Waals surface area contributed by atoms with Crippen LogP contribution in [-0.2, 0) is 9.53 Å². The summed E-state index contributed by atoms with van der Waals surface area (Å²) < 4.78 is 5.32. The Labute approximate surface area is 90.3 Å². The maximum Gasteiger partial charge on any atom is 0.307 e. The van der Waals surface area contributed by atoms with E-state index in [2.05, 4.69) is 25.1 Å². The lowest BCUT2D eigenvalue weighted by atomic mass is 9.84. The Balaban J connectivity index is 2.35. The number of carbonyl (C=O) groups is 1. The molecule has 80 valence electrons. The number of benzene rings is 1. The Bertz CT molecular complexity index is 393. The predicted molar refractivity (Wildman–Crippen MR) is 58.7 cm³/mol. The molecule has 1 saturated heterocycles. The fraction of sp³-hybridized carbons (Fsp3) is 0.462. The first-order valence-electron chi connectivity index (χ1n) is 5.27. The molecule has 0 aromatic heterocycles. The van der Waals surface area contributed by atoms with Gasteiger partial charge in [-0.15, -0.1) is 0 Å². The summed E-state index contributed by atoms with van der Waals surface area (Å²) in [5, 5.41) is 0. The van der Waals surface area contributed by atoms with Crippen LogP contribution in [0.5, 0.6) is 0 Å². The lowest BCUT2D eigenvalue weighted by molar-refractivity contribution is -0.146. The topological polar surface area (TPSA) is 26.3 Å². The van der Waals surface area contributed by atoms with Crippen molar-refractivity contribution in [1.82, 2.24) is 0 Å². The number of aryl methyl sites for hydroxylation is 1. The monoisotopic (exact) mass is 204 g/mol. The normalized spacial score (nSPS) is 23.9. The zero-order valence-electron chi connectivity index (χ0n) is 9.41. The molecular weight excluding hydrogens is 188 g/mol. The number of rotatable bonds is 1. The van der Waals surface area contributed by atoms with Gasteiger partial charge < -0.3 is 4.74 Å². The zero-order chi connectivity index (χ0) is 11.1. The highest BCUT2D eigenvalue weighted by atomic mass is 16.6. The van der Waals surface area contributed by atoms with E-state index in [-0.39, 0.29) is 17.5 Å². The molecule has 2 heteroatoms. The van der Waals surface area contributed by atoms with Crippen molar-refractivity contribution in [2.24, 2.45) is 0 Å². The van der Waals surface area contributed by atoms with E-state index in [9.17, 15) is 4.79 Å². The number of hydrogen-bond donors (Lipinski definition) is 0. The van der Waals surface area contributed by atoms with Gasteiger partial charge in [-0.2, -0.15) is 0 Å². The molecule has 1 heterocycles. The Morgan fingerprint density at radius 2 is 2.13 bits per heavy atom. The van der Waals surface area contributed by atoms with E-state index in [1.807, 2.05) is 19.9 Å². The van der Waals surface area contributed by atoms with E-state index in [0.29, 0.717) is 6.42 Å². The molecule has 1 aliphatic heterocycles. The van der Waals surface area contributed by atoms with Crippen LogP contribution in [-0.4, -0.2) is 11.6 Å². The average molecular weight is 204 g/mol. The second-order valence-electron chi connectivity index (χ2n) is 4.75. The van der Waals surface area contributed by atoms with Gasteiger partial charge in [0.05, 0.1) is 6.42 Å². The first-order chi connectivity index (χ1) is 6.99. The van der Waals surface area contributed by atoms with Crippen LogP contribution < -0.4 is 0 Å². The minimum Gasteiger partial charge on any atom is -0.459 e. The fourth-order valence-corrected chi connectivity index (χ4v) is 2.22. The summed E-state index contributed by atoms with van der Waals surface area (Å²) in [4.78, 5) is 11.3. The summed E-state index contributed by atoms with van der Waals surface area (Å²) in [6.07, 6.45) is 0.496. The molecule has 1 aromatic rings. The maximum absolute atomic E-state index is 11.3. The van der Waals surface area contributed by atoms with Crippen molar-refractivity contribution in [2.45, 2.75) is 38.7 Å². The van der Waals surface area contributed by atoms with Crippen molar-refractivity contribution in [1.29, 1.82) is 0 Å². The summed E-state index contributed by atoms with van der Waals surface area (Å²) in [7, 11) is 0. The van der Waals surface area contributed by atoms with E-state index >= 15 is 0 Å². The summed E-state index contributed by atoms with van der Waals surface area (Å²) in [6.45, 7) is 6.02. The third-order valence-electron chi connectivity index (χ3n) is 3.03. The Hall–Kier alpha value is -1.31. The number of ether oxygens (including phenoxy) is 1. The van der Waals surface area contributed by atoms with E-state index < -0.39 is 0 Å². The highest BCUT2D eigenvalue weighted by Gasteiger charge is 2.42. The predicted octanol–water partition coefficient (Wildman–Crippen LogP) is 2.80. The van der Waals surface area contributed by atoms with Crippen molar-refractivity contribution >= 4 is 5.97 Å². The molecule has 0 radical (unpaired) electrons. The Kier molecular flexibility index (Phi) is 2.29. The number of esters is 1. The molecule has 1 aliphatic rings. The standard InChI is InChI=1S/C13H16O2/c1-9-5-4-6-10(7-9)11-8-12(14)15-13(11,2)3/h4-7,11H,8H2,1-3H3/t11-/m0/s1. The molecule has 0 unspecified atom stereocenters. The van der Waals surface area contributed by atoms with Gasteiger partial charge >= 0.3 is 5.97 Å². The lowest BCUT2D eigenvalue weighted by Crippen LogP contribution is -2.25. The molecule has 2 rings (SSSR count). The van der Waals surface area contributed by atoms with Gasteiger partial charge in [-0.25, -0.2) is 0 Å². The van der Waals surface area contributed by atoms with Gasteiger partial charge in [-0.3, -0.25) is 4.79 Å². The molecular formula is C13H16O2. The first-order valence-corrected chi connectivity index (χ1v) is 5.27. The van der Waals surface area contributed by atoms with Crippen molar-refractivity contribution in [3.05, 3.63) is 35.4 Å². The largest absolute Gasteiger partial charge is 0.459 e. The van der Waals surface area contributed by atoms with Gasteiger partial charge in [0.15, 0.2) is 0 Å². The minimum atomic E-state index is -0.370.